The Hall–Kier alpha value is -1.84. The minimum absolute atomic E-state index is 0.0417. The molecule has 0 aliphatic rings. The van der Waals surface area contributed by atoms with E-state index < -0.39 is 5.97 Å². The number of unbranched alkanes of at least 4 members (excludes halogenated alkanes) is 23. The van der Waals surface area contributed by atoms with E-state index in [1.807, 2.05) is 0 Å². The second-order valence-corrected chi connectivity index (χ2v) is 13.5. The molecule has 0 heterocycles. The fourth-order valence-electron chi connectivity index (χ4n) is 5.83. The van der Waals surface area contributed by atoms with Gasteiger partial charge in [0, 0.05) is 12.8 Å². The average molecular weight is 645 g/mol. The summed E-state index contributed by atoms with van der Waals surface area (Å²) in [4.78, 5) is 23.3. The summed E-state index contributed by atoms with van der Waals surface area (Å²) >= 11 is 0. The largest absolute Gasteiger partial charge is 0.481 e. The van der Waals surface area contributed by atoms with Crippen LogP contribution in [0.5, 0.6) is 0 Å². The van der Waals surface area contributed by atoms with E-state index in [0.29, 0.717) is 6.42 Å². The third-order valence-electron chi connectivity index (χ3n) is 8.82. The van der Waals surface area contributed by atoms with Gasteiger partial charge in [0.2, 0.25) is 0 Å². The quantitative estimate of drug-likeness (QED) is 0.0419. The molecule has 0 fully saturated rings. The van der Waals surface area contributed by atoms with Gasteiger partial charge < -0.3 is 9.84 Å². The van der Waals surface area contributed by atoms with Crippen LogP contribution in [0.2, 0.25) is 0 Å². The molecule has 1 unspecified atom stereocenters. The van der Waals surface area contributed by atoms with Gasteiger partial charge in [0.15, 0.2) is 0 Å². The molecule has 1 N–H and O–H groups in total. The Balaban J connectivity index is 3.97. The lowest BCUT2D eigenvalue weighted by molar-refractivity contribution is -0.147. The first-order valence-corrected chi connectivity index (χ1v) is 20.0. The van der Waals surface area contributed by atoms with Crippen molar-refractivity contribution >= 4 is 11.9 Å². The molecule has 0 aliphatic heterocycles. The maximum Gasteiger partial charge on any atom is 0.306 e. The molecule has 0 saturated carbocycles. The molecule has 46 heavy (non-hydrogen) atoms. The van der Waals surface area contributed by atoms with Gasteiger partial charge in [-0.05, 0) is 76.7 Å². The first-order valence-electron chi connectivity index (χ1n) is 20.0. The number of allylic oxidation sites excluding steroid dienone is 5. The smallest absolute Gasteiger partial charge is 0.306 e. The Morgan fingerprint density at radius 3 is 1.46 bits per heavy atom. The number of carboxylic acids is 1. The number of carbonyl (C=O) groups is 2. The van der Waals surface area contributed by atoms with E-state index in [1.54, 1.807) is 0 Å². The highest BCUT2D eigenvalue weighted by molar-refractivity contribution is 5.69. The number of hydrogen-bond donors (Lipinski definition) is 1. The number of rotatable bonds is 36. The van der Waals surface area contributed by atoms with E-state index in [4.69, 9.17) is 9.84 Å². The SMILES string of the molecule is CCCCC/C=C\C/C=C\CCCCCCCCCCCC(=O)OC(/C=C\CCCCCCCC)CCCCCCCCC(=O)O. The molecule has 0 aliphatic carbocycles. The Morgan fingerprint density at radius 2 is 0.913 bits per heavy atom. The van der Waals surface area contributed by atoms with Crippen LogP contribution in [-0.4, -0.2) is 23.1 Å². The summed E-state index contributed by atoms with van der Waals surface area (Å²) in [5.41, 5.74) is 0. The molecular formula is C42H76O4. The lowest BCUT2D eigenvalue weighted by Crippen LogP contribution is -2.16. The maximum atomic E-state index is 12.6. The number of carboxylic acid groups (broad SMARTS) is 1. The summed E-state index contributed by atoms with van der Waals surface area (Å²) in [6.45, 7) is 4.51. The minimum atomic E-state index is -0.700. The van der Waals surface area contributed by atoms with Crippen LogP contribution in [0, 0.1) is 0 Å². The standard InChI is InChI=1S/C42H76O4/c1-3-5-7-9-11-13-14-15-16-17-18-19-20-21-22-23-25-31-35-39-42(45)46-40(36-32-28-24-12-10-8-6-4-2)37-33-29-26-27-30-34-38-41(43)44/h11,13,15-16,32,36,40H,3-10,12,14,17-31,33-35,37-39H2,1-2H3,(H,43,44)/b13-11-,16-15-,36-32-. The van der Waals surface area contributed by atoms with Crippen molar-refractivity contribution in [1.29, 1.82) is 0 Å². The van der Waals surface area contributed by atoms with Gasteiger partial charge in [-0.15, -0.1) is 0 Å². The third-order valence-corrected chi connectivity index (χ3v) is 8.82. The normalized spacial score (nSPS) is 12.6. The highest BCUT2D eigenvalue weighted by Crippen LogP contribution is 2.16. The van der Waals surface area contributed by atoms with E-state index in [0.717, 1.165) is 70.6 Å². The van der Waals surface area contributed by atoms with Crippen LogP contribution < -0.4 is 0 Å². The summed E-state index contributed by atoms with van der Waals surface area (Å²) in [5.74, 6) is -0.741. The van der Waals surface area contributed by atoms with Gasteiger partial charge in [-0.3, -0.25) is 9.59 Å². The van der Waals surface area contributed by atoms with E-state index in [1.165, 1.54) is 116 Å². The molecule has 268 valence electrons. The predicted molar refractivity (Wildman–Crippen MR) is 199 cm³/mol. The summed E-state index contributed by atoms with van der Waals surface area (Å²) in [6.07, 6.45) is 48.9. The first kappa shape index (κ1) is 44.2. The van der Waals surface area contributed by atoms with Gasteiger partial charge >= 0.3 is 11.9 Å². The molecule has 0 radical (unpaired) electrons. The molecular weight excluding hydrogens is 568 g/mol. The fraction of sp³-hybridized carbons (Fsp3) is 0.810. The zero-order valence-electron chi connectivity index (χ0n) is 30.6. The topological polar surface area (TPSA) is 63.6 Å². The Kier molecular flexibility index (Phi) is 36.1. The summed E-state index contributed by atoms with van der Waals surface area (Å²) in [5, 5.41) is 8.77. The number of esters is 1. The van der Waals surface area contributed by atoms with E-state index in [9.17, 15) is 9.59 Å². The van der Waals surface area contributed by atoms with Crippen LogP contribution in [0.15, 0.2) is 36.5 Å². The van der Waals surface area contributed by atoms with Crippen LogP contribution in [0.4, 0.5) is 0 Å². The van der Waals surface area contributed by atoms with Crippen molar-refractivity contribution in [1.82, 2.24) is 0 Å². The van der Waals surface area contributed by atoms with Crippen molar-refractivity contribution in [2.75, 3.05) is 0 Å². The molecule has 1 atom stereocenters. The minimum Gasteiger partial charge on any atom is -0.481 e. The molecule has 0 rings (SSSR count). The molecule has 0 aromatic heterocycles. The number of carbonyl (C=O) groups excluding carboxylic acids is 1. The zero-order chi connectivity index (χ0) is 33.6. The number of aliphatic carboxylic acids is 1. The molecule has 0 aromatic rings. The van der Waals surface area contributed by atoms with Gasteiger partial charge in [0.05, 0.1) is 0 Å². The van der Waals surface area contributed by atoms with Crippen LogP contribution in [-0.2, 0) is 14.3 Å². The van der Waals surface area contributed by atoms with Crippen LogP contribution in [0.1, 0.15) is 213 Å². The molecule has 0 bridgehead atoms. The Bertz CT molecular complexity index is 738. The Labute approximate surface area is 286 Å². The third kappa shape index (κ3) is 36.6. The van der Waals surface area contributed by atoms with Crippen molar-refractivity contribution < 1.29 is 19.4 Å². The molecule has 4 heteroatoms. The maximum absolute atomic E-state index is 12.6. The fourth-order valence-corrected chi connectivity index (χ4v) is 5.83. The van der Waals surface area contributed by atoms with Gasteiger partial charge in [-0.2, -0.15) is 0 Å². The van der Waals surface area contributed by atoms with Crippen LogP contribution >= 0.6 is 0 Å². The van der Waals surface area contributed by atoms with Gasteiger partial charge in [-0.25, -0.2) is 0 Å². The zero-order valence-corrected chi connectivity index (χ0v) is 30.6. The highest BCUT2D eigenvalue weighted by atomic mass is 16.5. The molecule has 0 amide bonds. The summed E-state index contributed by atoms with van der Waals surface area (Å²) < 4.78 is 5.92. The first-order chi connectivity index (χ1) is 22.6. The second-order valence-electron chi connectivity index (χ2n) is 13.5. The monoisotopic (exact) mass is 645 g/mol. The Morgan fingerprint density at radius 1 is 0.500 bits per heavy atom. The van der Waals surface area contributed by atoms with E-state index in [2.05, 4.69) is 50.3 Å². The van der Waals surface area contributed by atoms with Crippen molar-refractivity contribution in [2.24, 2.45) is 0 Å². The van der Waals surface area contributed by atoms with Gasteiger partial charge in [-0.1, -0.05) is 160 Å². The lowest BCUT2D eigenvalue weighted by atomic mass is 10.0. The predicted octanol–water partition coefficient (Wildman–Crippen LogP) is 13.8. The van der Waals surface area contributed by atoms with E-state index >= 15 is 0 Å². The van der Waals surface area contributed by atoms with Crippen molar-refractivity contribution in [3.63, 3.8) is 0 Å². The van der Waals surface area contributed by atoms with E-state index in [-0.39, 0.29) is 18.5 Å². The molecule has 0 saturated heterocycles. The number of hydrogen-bond acceptors (Lipinski definition) is 3. The summed E-state index contributed by atoms with van der Waals surface area (Å²) in [6, 6.07) is 0. The molecule has 0 spiro atoms. The summed E-state index contributed by atoms with van der Waals surface area (Å²) in [7, 11) is 0. The highest BCUT2D eigenvalue weighted by Gasteiger charge is 2.11. The number of ether oxygens (including phenoxy) is 1. The van der Waals surface area contributed by atoms with Crippen molar-refractivity contribution in [3.8, 4) is 0 Å². The van der Waals surface area contributed by atoms with Gasteiger partial charge in [0.25, 0.3) is 0 Å². The second kappa shape index (κ2) is 37.6. The lowest BCUT2D eigenvalue weighted by Gasteiger charge is -2.15. The van der Waals surface area contributed by atoms with Crippen LogP contribution in [0.25, 0.3) is 0 Å². The molecule has 0 aromatic carbocycles. The van der Waals surface area contributed by atoms with Crippen molar-refractivity contribution in [2.45, 2.75) is 219 Å². The van der Waals surface area contributed by atoms with Crippen LogP contribution in [0.3, 0.4) is 0 Å². The average Bonchev–Trinajstić information content (AvgIpc) is 3.04. The van der Waals surface area contributed by atoms with Crippen molar-refractivity contribution in [3.05, 3.63) is 36.5 Å². The molecule has 4 nitrogen and oxygen atoms in total. The van der Waals surface area contributed by atoms with Gasteiger partial charge in [0.1, 0.15) is 6.10 Å².